The van der Waals surface area contributed by atoms with Gasteiger partial charge in [-0.2, -0.15) is 0 Å². The molecule has 0 aliphatic rings. The second-order valence-corrected chi connectivity index (χ2v) is 0.569. The Labute approximate surface area is 33.2 Å². The van der Waals surface area contributed by atoms with E-state index in [9.17, 15) is 9.32 Å². The molecule has 0 aromatic rings. The molecule has 0 aromatic carbocycles. The molecule has 0 saturated heterocycles. The lowest BCUT2D eigenvalue weighted by Crippen LogP contribution is -1.83. The summed E-state index contributed by atoms with van der Waals surface area (Å²) in [6.07, 6.45) is 0. The molecule has 0 N–H and O–H groups in total. The Kier molecular flexibility index (Phi) is 6.50. The quantitative estimate of drug-likeness (QED) is 0.443. The van der Waals surface area contributed by atoms with Gasteiger partial charge in [0.1, 0.15) is 0 Å². The van der Waals surface area contributed by atoms with E-state index in [4.69, 9.17) is 0 Å². The van der Waals surface area contributed by atoms with Gasteiger partial charge in [-0.25, -0.2) is 4.79 Å². The second kappa shape index (κ2) is 4.33. The molecule has 0 aromatic heterocycles. The Bertz CT molecular complexity index is 44.8. The zero-order valence-electron chi connectivity index (χ0n) is 3.10. The Morgan fingerprint density at radius 3 is 2.00 bits per heavy atom. The number of halogens is 2. The third kappa shape index (κ3) is 10.2. The zero-order valence-corrected chi connectivity index (χ0v) is 3.10. The van der Waals surface area contributed by atoms with E-state index in [2.05, 4.69) is 4.94 Å². The van der Waals surface area contributed by atoms with Gasteiger partial charge in [0.25, 0.3) is 0 Å². The lowest BCUT2D eigenvalue weighted by Gasteiger charge is -1.71. The summed E-state index contributed by atoms with van der Waals surface area (Å²) < 4.78 is 10.3. The SMILES string of the molecule is CC(=O)OF.F. The highest BCUT2D eigenvalue weighted by Crippen LogP contribution is 1.69. The van der Waals surface area contributed by atoms with Crippen molar-refractivity contribution in [1.82, 2.24) is 0 Å². The normalized spacial score (nSPS) is 5.67. The van der Waals surface area contributed by atoms with Gasteiger partial charge in [-0.1, -0.05) is 0 Å². The van der Waals surface area contributed by atoms with Crippen molar-refractivity contribution in [2.24, 2.45) is 0 Å². The first-order valence-corrected chi connectivity index (χ1v) is 1.06. The van der Waals surface area contributed by atoms with E-state index < -0.39 is 5.97 Å². The first-order chi connectivity index (χ1) is 2.27. The molecule has 0 saturated carbocycles. The fourth-order valence-corrected chi connectivity index (χ4v) is 0. The molecular formula is C2H4F2O2. The molecule has 4 heteroatoms. The summed E-state index contributed by atoms with van der Waals surface area (Å²) in [6.45, 7) is 0.986. The molecule has 0 rings (SSSR count). The number of carbonyl (C=O) groups excluding carboxylic acids is 1. The molecule has 0 aliphatic heterocycles. The van der Waals surface area contributed by atoms with Gasteiger partial charge in [0.2, 0.25) is 0 Å². The van der Waals surface area contributed by atoms with Gasteiger partial charge in [0.05, 0.1) is 0 Å². The third-order valence-corrected chi connectivity index (χ3v) is 0.109. The highest BCUT2D eigenvalue weighted by molar-refractivity contribution is 5.64. The summed E-state index contributed by atoms with van der Waals surface area (Å²) in [7, 11) is 0. The molecule has 38 valence electrons. The second-order valence-electron chi connectivity index (χ2n) is 0.569. The smallest absolute Gasteiger partial charge is 0.269 e. The van der Waals surface area contributed by atoms with Crippen molar-refractivity contribution < 1.29 is 19.0 Å². The van der Waals surface area contributed by atoms with Gasteiger partial charge >= 0.3 is 5.97 Å². The van der Waals surface area contributed by atoms with Crippen LogP contribution in [0.1, 0.15) is 6.92 Å². The third-order valence-electron chi connectivity index (χ3n) is 0.109. The van der Waals surface area contributed by atoms with E-state index in [1.165, 1.54) is 0 Å². The van der Waals surface area contributed by atoms with Gasteiger partial charge in [-0.15, -0.1) is 0 Å². The van der Waals surface area contributed by atoms with Crippen LogP contribution in [0.5, 0.6) is 0 Å². The minimum atomic E-state index is -0.912. The predicted molar refractivity (Wildman–Crippen MR) is 15.4 cm³/mol. The molecule has 0 unspecified atom stereocenters. The number of rotatable bonds is 0. The van der Waals surface area contributed by atoms with Crippen LogP contribution in [0.2, 0.25) is 0 Å². The summed E-state index contributed by atoms with van der Waals surface area (Å²) in [5.41, 5.74) is 0. The highest BCUT2D eigenvalue weighted by atomic mass is 19.3. The van der Waals surface area contributed by atoms with Crippen molar-refractivity contribution in [2.45, 2.75) is 6.92 Å². The molecule has 0 aliphatic carbocycles. The van der Waals surface area contributed by atoms with Gasteiger partial charge in [0.15, 0.2) is 0 Å². The maximum atomic E-state index is 10.3. The summed E-state index contributed by atoms with van der Waals surface area (Å²) in [5.74, 6) is -0.912. The van der Waals surface area contributed by atoms with E-state index in [-0.39, 0.29) is 4.70 Å². The number of hydrogen-bond donors (Lipinski definition) is 0. The van der Waals surface area contributed by atoms with Crippen LogP contribution in [0.25, 0.3) is 0 Å². The van der Waals surface area contributed by atoms with Crippen molar-refractivity contribution in [3.8, 4) is 0 Å². The van der Waals surface area contributed by atoms with E-state index in [1.54, 1.807) is 0 Å². The Hall–Kier alpha value is -0.670. The molecule has 2 nitrogen and oxygen atoms in total. The molecule has 0 amide bonds. The minimum Gasteiger partial charge on any atom is -0.269 e. The molecule has 0 heterocycles. The standard InChI is InChI=1S/C2H3FO2.FH/c1-2(4)5-3;/h1H3;1H. The van der Waals surface area contributed by atoms with Crippen molar-refractivity contribution in [3.05, 3.63) is 0 Å². The summed E-state index contributed by atoms with van der Waals surface area (Å²) >= 11 is 0. The van der Waals surface area contributed by atoms with Crippen LogP contribution in [0.3, 0.4) is 0 Å². The van der Waals surface area contributed by atoms with Crippen LogP contribution in [0.4, 0.5) is 9.23 Å². The molecule has 0 spiro atoms. The van der Waals surface area contributed by atoms with Crippen LogP contribution in [0.15, 0.2) is 0 Å². The maximum absolute atomic E-state index is 10.3. The minimum absolute atomic E-state index is 0. The Morgan fingerprint density at radius 1 is 1.83 bits per heavy atom. The van der Waals surface area contributed by atoms with Crippen molar-refractivity contribution in [3.63, 3.8) is 0 Å². The lowest BCUT2D eigenvalue weighted by molar-refractivity contribution is -0.180. The van der Waals surface area contributed by atoms with Crippen molar-refractivity contribution in [2.75, 3.05) is 0 Å². The Morgan fingerprint density at radius 2 is 2.00 bits per heavy atom. The average Bonchev–Trinajstić information content (AvgIpc) is 1.38. The van der Waals surface area contributed by atoms with E-state index in [0.29, 0.717) is 0 Å². The first-order valence-electron chi connectivity index (χ1n) is 1.06. The fraction of sp³-hybridized carbons (Fsp3) is 0.500. The Balaban J connectivity index is 0. The average molecular weight is 98.0 g/mol. The summed E-state index contributed by atoms with van der Waals surface area (Å²) in [4.78, 5) is 11.8. The van der Waals surface area contributed by atoms with Crippen LogP contribution in [0, 0.1) is 0 Å². The van der Waals surface area contributed by atoms with E-state index in [1.807, 2.05) is 0 Å². The van der Waals surface area contributed by atoms with E-state index >= 15 is 0 Å². The predicted octanol–water partition coefficient (Wildman–Crippen LogP) is 0.587. The fourth-order valence-electron chi connectivity index (χ4n) is 0. The van der Waals surface area contributed by atoms with Crippen molar-refractivity contribution >= 4 is 5.97 Å². The van der Waals surface area contributed by atoms with Crippen LogP contribution in [-0.2, 0) is 9.74 Å². The monoisotopic (exact) mass is 98.0 g/mol. The molecular weight excluding hydrogens is 94.0 g/mol. The van der Waals surface area contributed by atoms with E-state index in [0.717, 1.165) is 6.92 Å². The number of carbonyl (C=O) groups is 1. The van der Waals surface area contributed by atoms with Gasteiger partial charge < -0.3 is 0 Å². The van der Waals surface area contributed by atoms with Gasteiger partial charge in [0, 0.05) is 11.4 Å². The topological polar surface area (TPSA) is 26.3 Å². The molecule has 0 atom stereocenters. The van der Waals surface area contributed by atoms with Crippen LogP contribution in [-0.4, -0.2) is 5.97 Å². The van der Waals surface area contributed by atoms with Crippen LogP contribution >= 0.6 is 0 Å². The molecule has 0 radical (unpaired) electrons. The van der Waals surface area contributed by atoms with Gasteiger partial charge in [-0.05, 0) is 0 Å². The molecule has 0 fully saturated rings. The molecule has 6 heavy (non-hydrogen) atoms. The highest BCUT2D eigenvalue weighted by Gasteiger charge is 1.81. The number of hydrogen-bond acceptors (Lipinski definition) is 2. The lowest BCUT2D eigenvalue weighted by atomic mass is 10.9. The van der Waals surface area contributed by atoms with Crippen LogP contribution < -0.4 is 0 Å². The first kappa shape index (κ1) is 9.01. The summed E-state index contributed by atoms with van der Waals surface area (Å²) in [5, 5.41) is 0. The largest absolute Gasteiger partial charge is 0.345 e. The summed E-state index contributed by atoms with van der Waals surface area (Å²) in [6, 6.07) is 0. The molecule has 0 bridgehead atoms. The van der Waals surface area contributed by atoms with Crippen molar-refractivity contribution in [1.29, 1.82) is 0 Å². The van der Waals surface area contributed by atoms with Gasteiger partial charge in [-0.3, -0.25) is 9.65 Å². The maximum Gasteiger partial charge on any atom is 0.345 e. The zero-order chi connectivity index (χ0) is 4.28.